The van der Waals surface area contributed by atoms with Crippen LogP contribution >= 0.6 is 11.8 Å². The lowest BCUT2D eigenvalue weighted by Gasteiger charge is -2.11. The molecule has 0 spiro atoms. The second-order valence-corrected chi connectivity index (χ2v) is 6.31. The van der Waals surface area contributed by atoms with Gasteiger partial charge in [-0.2, -0.15) is 4.98 Å². The number of thioether (sulfide) groups is 1. The van der Waals surface area contributed by atoms with Crippen LogP contribution in [0.15, 0.2) is 35.4 Å². The molecule has 9 heteroatoms. The van der Waals surface area contributed by atoms with Crippen molar-refractivity contribution in [2.75, 3.05) is 31.4 Å². The average molecular weight is 405 g/mol. The van der Waals surface area contributed by atoms with E-state index in [2.05, 4.69) is 15.3 Å². The van der Waals surface area contributed by atoms with E-state index in [1.54, 1.807) is 25.6 Å². The molecular weight excluding hydrogens is 382 g/mol. The second kappa shape index (κ2) is 11.1. The van der Waals surface area contributed by atoms with E-state index in [-0.39, 0.29) is 37.2 Å². The lowest BCUT2D eigenvalue weighted by molar-refractivity contribution is -0.145. The molecule has 0 aliphatic heterocycles. The molecule has 0 unspecified atom stereocenters. The third-order valence-corrected chi connectivity index (χ3v) is 4.23. The number of carbonyl (C=O) groups is 2. The summed E-state index contributed by atoms with van der Waals surface area (Å²) in [5.41, 5.74) is 1.09. The van der Waals surface area contributed by atoms with Gasteiger partial charge in [-0.05, 0) is 37.8 Å². The zero-order valence-corrected chi connectivity index (χ0v) is 16.9. The summed E-state index contributed by atoms with van der Waals surface area (Å²) in [6, 6.07) is 8.06. The molecule has 0 amide bonds. The lowest BCUT2D eigenvalue weighted by atomic mass is 10.2. The Kier molecular flexibility index (Phi) is 8.54. The van der Waals surface area contributed by atoms with Crippen molar-refractivity contribution in [3.05, 3.63) is 41.6 Å². The van der Waals surface area contributed by atoms with Crippen LogP contribution in [0, 0.1) is 0 Å². The molecule has 0 radical (unpaired) electrons. The van der Waals surface area contributed by atoms with E-state index in [0.29, 0.717) is 6.54 Å². The number of hydrogen-bond acceptors (Lipinski definition) is 9. The Bertz CT molecular complexity index is 799. The third-order valence-electron chi connectivity index (χ3n) is 3.49. The summed E-state index contributed by atoms with van der Waals surface area (Å²) in [5, 5.41) is 3.07. The molecule has 0 saturated carbocycles. The summed E-state index contributed by atoms with van der Waals surface area (Å²) >= 11 is 1.67. The summed E-state index contributed by atoms with van der Waals surface area (Å²) < 4.78 is 15.2. The van der Waals surface area contributed by atoms with Crippen LogP contribution in [0.25, 0.3) is 0 Å². The number of esters is 2. The topological polar surface area (TPSA) is 99.6 Å². The lowest BCUT2D eigenvalue weighted by Crippen LogP contribution is -2.18. The van der Waals surface area contributed by atoms with Crippen LogP contribution in [-0.2, 0) is 20.8 Å². The molecule has 1 N–H and O–H groups in total. The van der Waals surface area contributed by atoms with Crippen molar-refractivity contribution in [3.8, 4) is 5.88 Å². The van der Waals surface area contributed by atoms with Crippen LogP contribution in [0.4, 0.5) is 5.95 Å². The van der Waals surface area contributed by atoms with E-state index < -0.39 is 11.9 Å². The highest BCUT2D eigenvalue weighted by Gasteiger charge is 2.18. The first-order valence-electron chi connectivity index (χ1n) is 8.76. The van der Waals surface area contributed by atoms with Crippen LogP contribution in [0.5, 0.6) is 5.88 Å². The molecule has 2 rings (SSSR count). The standard InChI is InChI=1S/C19H23N3O5S/c1-4-25-16(23)12-27-17-15(18(24)26-5-2)11-21-19(22-17)20-10-13-6-8-14(28-3)9-7-13/h6-9,11H,4-5,10,12H2,1-3H3,(H,20,21,22). The van der Waals surface area contributed by atoms with Gasteiger partial charge in [-0.15, -0.1) is 11.8 Å². The molecule has 1 aromatic carbocycles. The zero-order valence-electron chi connectivity index (χ0n) is 16.1. The van der Waals surface area contributed by atoms with Crippen molar-refractivity contribution in [3.63, 3.8) is 0 Å². The minimum Gasteiger partial charge on any atom is -0.465 e. The largest absolute Gasteiger partial charge is 0.465 e. The highest BCUT2D eigenvalue weighted by Crippen LogP contribution is 2.19. The molecule has 8 nitrogen and oxygen atoms in total. The molecule has 0 atom stereocenters. The maximum Gasteiger partial charge on any atom is 0.345 e. The van der Waals surface area contributed by atoms with Crippen molar-refractivity contribution in [1.82, 2.24) is 9.97 Å². The zero-order chi connectivity index (χ0) is 20.4. The fourth-order valence-electron chi connectivity index (χ4n) is 2.16. The second-order valence-electron chi connectivity index (χ2n) is 5.43. The van der Waals surface area contributed by atoms with E-state index in [9.17, 15) is 9.59 Å². The molecule has 1 heterocycles. The predicted molar refractivity (Wildman–Crippen MR) is 106 cm³/mol. The molecule has 1 aromatic heterocycles. The summed E-state index contributed by atoms with van der Waals surface area (Å²) in [4.78, 5) is 33.1. The molecule has 0 fully saturated rings. The maximum absolute atomic E-state index is 12.1. The summed E-state index contributed by atoms with van der Waals surface area (Å²) in [6.45, 7) is 3.94. The maximum atomic E-state index is 12.1. The molecule has 0 saturated heterocycles. The quantitative estimate of drug-likeness (QED) is 0.472. The van der Waals surface area contributed by atoms with E-state index in [1.807, 2.05) is 30.5 Å². The molecule has 0 aliphatic rings. The monoisotopic (exact) mass is 405 g/mol. The van der Waals surface area contributed by atoms with Gasteiger partial charge in [0.2, 0.25) is 11.8 Å². The molecule has 150 valence electrons. The molecule has 28 heavy (non-hydrogen) atoms. The first kappa shape index (κ1) is 21.5. The van der Waals surface area contributed by atoms with Crippen LogP contribution in [0.3, 0.4) is 0 Å². The van der Waals surface area contributed by atoms with Crippen LogP contribution < -0.4 is 10.1 Å². The number of aromatic nitrogens is 2. The summed E-state index contributed by atoms with van der Waals surface area (Å²) in [6.07, 6.45) is 3.33. The van der Waals surface area contributed by atoms with Crippen molar-refractivity contribution in [2.45, 2.75) is 25.3 Å². The van der Waals surface area contributed by atoms with E-state index >= 15 is 0 Å². The van der Waals surface area contributed by atoms with Gasteiger partial charge in [0.15, 0.2) is 6.61 Å². The summed E-state index contributed by atoms with van der Waals surface area (Å²) in [7, 11) is 0. The van der Waals surface area contributed by atoms with Crippen LogP contribution in [-0.4, -0.2) is 48.0 Å². The number of carbonyl (C=O) groups excluding carboxylic acids is 2. The number of benzene rings is 1. The number of nitrogens with zero attached hydrogens (tertiary/aromatic N) is 2. The molecular formula is C19H23N3O5S. The first-order chi connectivity index (χ1) is 13.6. The van der Waals surface area contributed by atoms with Gasteiger partial charge < -0.3 is 19.5 Å². The van der Waals surface area contributed by atoms with Crippen molar-refractivity contribution in [2.24, 2.45) is 0 Å². The van der Waals surface area contributed by atoms with Gasteiger partial charge in [-0.25, -0.2) is 14.6 Å². The van der Waals surface area contributed by atoms with Gasteiger partial charge in [0.25, 0.3) is 0 Å². The highest BCUT2D eigenvalue weighted by molar-refractivity contribution is 7.98. The van der Waals surface area contributed by atoms with Gasteiger partial charge in [-0.3, -0.25) is 0 Å². The van der Waals surface area contributed by atoms with Gasteiger partial charge in [-0.1, -0.05) is 12.1 Å². The number of nitrogens with one attached hydrogen (secondary N) is 1. The Balaban J connectivity index is 2.11. The number of ether oxygens (including phenoxy) is 3. The van der Waals surface area contributed by atoms with Gasteiger partial charge in [0, 0.05) is 11.4 Å². The minimum absolute atomic E-state index is 0.0401. The number of rotatable bonds is 10. The van der Waals surface area contributed by atoms with Crippen molar-refractivity contribution >= 4 is 29.6 Å². The van der Waals surface area contributed by atoms with Gasteiger partial charge in [0.05, 0.1) is 19.4 Å². The predicted octanol–water partition coefficient (Wildman–Crippen LogP) is 2.93. The van der Waals surface area contributed by atoms with Gasteiger partial charge in [0.1, 0.15) is 5.56 Å². The molecule has 0 bridgehead atoms. The number of hydrogen-bond donors (Lipinski definition) is 1. The Morgan fingerprint density at radius 2 is 1.82 bits per heavy atom. The van der Waals surface area contributed by atoms with Crippen molar-refractivity contribution in [1.29, 1.82) is 0 Å². The minimum atomic E-state index is -0.624. The van der Waals surface area contributed by atoms with Gasteiger partial charge >= 0.3 is 11.9 Å². The van der Waals surface area contributed by atoms with E-state index in [1.165, 1.54) is 11.1 Å². The Labute approximate surface area is 168 Å². The Morgan fingerprint density at radius 1 is 1.11 bits per heavy atom. The smallest absolute Gasteiger partial charge is 0.345 e. The SMILES string of the molecule is CCOC(=O)COc1nc(NCc2ccc(SC)cc2)ncc1C(=O)OCC. The van der Waals surface area contributed by atoms with Crippen LogP contribution in [0.2, 0.25) is 0 Å². The first-order valence-corrected chi connectivity index (χ1v) is 9.99. The normalized spacial score (nSPS) is 10.2. The average Bonchev–Trinajstić information content (AvgIpc) is 2.71. The van der Waals surface area contributed by atoms with E-state index in [4.69, 9.17) is 14.2 Å². The third kappa shape index (κ3) is 6.41. The highest BCUT2D eigenvalue weighted by atomic mass is 32.2. The number of anilines is 1. The summed E-state index contributed by atoms with van der Waals surface area (Å²) in [5.74, 6) is -0.956. The van der Waals surface area contributed by atoms with Crippen molar-refractivity contribution < 1.29 is 23.8 Å². The molecule has 2 aromatic rings. The Morgan fingerprint density at radius 3 is 2.46 bits per heavy atom. The van der Waals surface area contributed by atoms with E-state index in [0.717, 1.165) is 5.56 Å². The molecule has 0 aliphatic carbocycles. The Hall–Kier alpha value is -2.81. The fourth-order valence-corrected chi connectivity index (χ4v) is 2.57. The fraction of sp³-hybridized carbons (Fsp3) is 0.368. The van der Waals surface area contributed by atoms with Crippen LogP contribution in [0.1, 0.15) is 29.8 Å².